The van der Waals surface area contributed by atoms with Crippen LogP contribution in [0.1, 0.15) is 36.7 Å². The van der Waals surface area contributed by atoms with Crippen LogP contribution in [0.5, 0.6) is 0 Å². The van der Waals surface area contributed by atoms with Gasteiger partial charge in [-0.1, -0.05) is 17.7 Å². The molecule has 0 aliphatic heterocycles. The molecule has 0 N–H and O–H groups in total. The fraction of sp³-hybridized carbons (Fsp3) is 0.444. The van der Waals surface area contributed by atoms with Gasteiger partial charge in [-0.2, -0.15) is 10.2 Å². The fourth-order valence-electron chi connectivity index (χ4n) is 2.35. The zero-order chi connectivity index (χ0) is 17.5. The Hall–Kier alpha value is -2.50. The largest absolute Gasteiger partial charge is 0.466 e. The maximum absolute atomic E-state index is 10.7. The molecule has 0 saturated heterocycles. The Kier molecular flexibility index (Phi) is 6.23. The molecule has 0 amide bonds. The van der Waals surface area contributed by atoms with Gasteiger partial charge in [0.25, 0.3) is 0 Å². The molecule has 2 aromatic rings. The first-order valence-electron chi connectivity index (χ1n) is 8.13. The molecule has 6 heteroatoms. The zero-order valence-corrected chi connectivity index (χ0v) is 14.7. The number of azo groups is 1. The lowest BCUT2D eigenvalue weighted by molar-refractivity contribution is -0.141. The van der Waals surface area contributed by atoms with Crippen LogP contribution in [0.2, 0.25) is 0 Å². The SMILES string of the molecule is CC(=O)OCCCCn1nc(C)c(N=Nc2ccc(C)cc2)c1C. The van der Waals surface area contributed by atoms with Gasteiger partial charge in [0.05, 0.1) is 23.7 Å². The van der Waals surface area contributed by atoms with Crippen molar-refractivity contribution in [3.05, 3.63) is 41.2 Å². The number of rotatable bonds is 7. The third-order valence-electron chi connectivity index (χ3n) is 3.71. The Morgan fingerprint density at radius 3 is 2.50 bits per heavy atom. The van der Waals surface area contributed by atoms with Crippen LogP contribution in [0.15, 0.2) is 34.5 Å². The molecule has 0 saturated carbocycles. The average Bonchev–Trinajstić information content (AvgIpc) is 2.80. The molecule has 2 rings (SSSR count). The van der Waals surface area contributed by atoms with Crippen LogP contribution in [0.4, 0.5) is 11.4 Å². The van der Waals surface area contributed by atoms with E-state index >= 15 is 0 Å². The molecule has 128 valence electrons. The molecule has 0 aliphatic carbocycles. The van der Waals surface area contributed by atoms with Crippen LogP contribution in [0, 0.1) is 20.8 Å². The summed E-state index contributed by atoms with van der Waals surface area (Å²) in [5, 5.41) is 13.2. The van der Waals surface area contributed by atoms with E-state index in [9.17, 15) is 4.79 Å². The Labute approximate surface area is 142 Å². The second-order valence-electron chi connectivity index (χ2n) is 5.83. The van der Waals surface area contributed by atoms with Crippen molar-refractivity contribution >= 4 is 17.3 Å². The maximum atomic E-state index is 10.7. The quantitative estimate of drug-likeness (QED) is 0.425. The number of unbranched alkanes of at least 4 members (excludes halogenated alkanes) is 1. The predicted octanol–water partition coefficient (Wildman–Crippen LogP) is 4.57. The number of carbonyl (C=O) groups is 1. The van der Waals surface area contributed by atoms with E-state index < -0.39 is 0 Å². The van der Waals surface area contributed by atoms with Gasteiger partial charge >= 0.3 is 5.97 Å². The van der Waals surface area contributed by atoms with E-state index in [0.717, 1.165) is 42.1 Å². The second kappa shape index (κ2) is 8.38. The van der Waals surface area contributed by atoms with Crippen molar-refractivity contribution in [3.63, 3.8) is 0 Å². The van der Waals surface area contributed by atoms with Gasteiger partial charge in [-0.25, -0.2) is 0 Å². The molecule has 6 nitrogen and oxygen atoms in total. The lowest BCUT2D eigenvalue weighted by Crippen LogP contribution is -2.05. The van der Waals surface area contributed by atoms with Gasteiger partial charge in [-0.3, -0.25) is 9.48 Å². The van der Waals surface area contributed by atoms with Gasteiger partial charge in [-0.15, -0.1) is 5.11 Å². The topological polar surface area (TPSA) is 68.8 Å². The lowest BCUT2D eigenvalue weighted by Gasteiger charge is -2.04. The molecule has 0 atom stereocenters. The number of hydrogen-bond donors (Lipinski definition) is 0. The van der Waals surface area contributed by atoms with Crippen LogP contribution >= 0.6 is 0 Å². The molecular formula is C18H24N4O2. The van der Waals surface area contributed by atoms with Crippen LogP contribution in [-0.4, -0.2) is 22.4 Å². The Balaban J connectivity index is 1.98. The number of ether oxygens (including phenoxy) is 1. The van der Waals surface area contributed by atoms with E-state index in [0.29, 0.717) is 6.61 Å². The highest BCUT2D eigenvalue weighted by atomic mass is 16.5. The third kappa shape index (κ3) is 5.01. The maximum Gasteiger partial charge on any atom is 0.302 e. The molecule has 0 spiro atoms. The minimum Gasteiger partial charge on any atom is -0.466 e. The van der Waals surface area contributed by atoms with E-state index in [1.165, 1.54) is 12.5 Å². The van der Waals surface area contributed by atoms with E-state index in [-0.39, 0.29) is 5.97 Å². The van der Waals surface area contributed by atoms with Crippen LogP contribution in [0.25, 0.3) is 0 Å². The molecule has 0 bridgehead atoms. The van der Waals surface area contributed by atoms with Crippen molar-refractivity contribution in [2.24, 2.45) is 10.2 Å². The summed E-state index contributed by atoms with van der Waals surface area (Å²) in [4.78, 5) is 10.7. The number of aromatic nitrogens is 2. The van der Waals surface area contributed by atoms with Crippen molar-refractivity contribution < 1.29 is 9.53 Å². The normalized spacial score (nSPS) is 11.2. The number of benzene rings is 1. The summed E-state index contributed by atoms with van der Waals surface area (Å²) in [6.45, 7) is 8.62. The fourth-order valence-corrected chi connectivity index (χ4v) is 2.35. The van der Waals surface area contributed by atoms with Crippen molar-refractivity contribution in [1.29, 1.82) is 0 Å². The van der Waals surface area contributed by atoms with E-state index in [4.69, 9.17) is 4.74 Å². The molecule has 1 aromatic heterocycles. The van der Waals surface area contributed by atoms with Crippen LogP contribution in [-0.2, 0) is 16.1 Å². The molecular weight excluding hydrogens is 304 g/mol. The van der Waals surface area contributed by atoms with Gasteiger partial charge in [0.15, 0.2) is 0 Å². The standard InChI is InChI=1S/C18H24N4O2/c1-13-7-9-17(10-8-13)19-20-18-14(2)21-22(15(18)3)11-5-6-12-24-16(4)23/h7-10H,5-6,11-12H2,1-4H3. The lowest BCUT2D eigenvalue weighted by atomic mass is 10.2. The number of nitrogens with zero attached hydrogens (tertiary/aromatic N) is 4. The number of hydrogen-bond acceptors (Lipinski definition) is 5. The van der Waals surface area contributed by atoms with E-state index in [2.05, 4.69) is 15.3 Å². The molecule has 1 aromatic carbocycles. The molecule has 24 heavy (non-hydrogen) atoms. The highest BCUT2D eigenvalue weighted by Gasteiger charge is 2.10. The van der Waals surface area contributed by atoms with Crippen molar-refractivity contribution in [2.45, 2.75) is 47.1 Å². The Morgan fingerprint density at radius 1 is 1.12 bits per heavy atom. The number of aryl methyl sites for hydroxylation is 3. The minimum absolute atomic E-state index is 0.236. The third-order valence-corrected chi connectivity index (χ3v) is 3.71. The monoisotopic (exact) mass is 328 g/mol. The molecule has 0 unspecified atom stereocenters. The molecule has 1 heterocycles. The highest BCUT2D eigenvalue weighted by molar-refractivity contribution is 5.65. The number of esters is 1. The van der Waals surface area contributed by atoms with Gasteiger partial charge in [0.2, 0.25) is 0 Å². The Bertz CT molecular complexity index is 717. The first-order valence-corrected chi connectivity index (χ1v) is 8.13. The van der Waals surface area contributed by atoms with Crippen molar-refractivity contribution in [2.75, 3.05) is 6.61 Å². The second-order valence-corrected chi connectivity index (χ2v) is 5.83. The number of carbonyl (C=O) groups excluding carboxylic acids is 1. The smallest absolute Gasteiger partial charge is 0.302 e. The summed E-state index contributed by atoms with van der Waals surface area (Å²) in [5.74, 6) is -0.236. The van der Waals surface area contributed by atoms with Crippen LogP contribution in [0.3, 0.4) is 0 Å². The average molecular weight is 328 g/mol. The van der Waals surface area contributed by atoms with Gasteiger partial charge < -0.3 is 4.74 Å². The van der Waals surface area contributed by atoms with Gasteiger partial charge in [-0.05, 0) is 45.7 Å². The highest BCUT2D eigenvalue weighted by Crippen LogP contribution is 2.26. The van der Waals surface area contributed by atoms with Crippen LogP contribution < -0.4 is 0 Å². The zero-order valence-electron chi connectivity index (χ0n) is 14.7. The summed E-state index contributed by atoms with van der Waals surface area (Å²) in [6, 6.07) is 7.92. The van der Waals surface area contributed by atoms with Gasteiger partial charge in [0.1, 0.15) is 5.69 Å². The van der Waals surface area contributed by atoms with Gasteiger partial charge in [0, 0.05) is 13.5 Å². The minimum atomic E-state index is -0.236. The first kappa shape index (κ1) is 17.8. The van der Waals surface area contributed by atoms with E-state index in [1.54, 1.807) is 0 Å². The predicted molar refractivity (Wildman–Crippen MR) is 92.9 cm³/mol. The molecule has 0 radical (unpaired) electrons. The summed E-state index contributed by atoms with van der Waals surface area (Å²) in [5.41, 5.74) is 4.70. The summed E-state index contributed by atoms with van der Waals surface area (Å²) < 4.78 is 6.87. The first-order chi connectivity index (χ1) is 11.5. The summed E-state index contributed by atoms with van der Waals surface area (Å²) in [6.07, 6.45) is 1.71. The van der Waals surface area contributed by atoms with Crippen molar-refractivity contribution in [1.82, 2.24) is 9.78 Å². The Morgan fingerprint density at radius 2 is 1.83 bits per heavy atom. The van der Waals surface area contributed by atoms with Crippen molar-refractivity contribution in [3.8, 4) is 0 Å². The molecule has 0 fully saturated rings. The summed E-state index contributed by atoms with van der Waals surface area (Å²) >= 11 is 0. The molecule has 0 aliphatic rings. The van der Waals surface area contributed by atoms with E-state index in [1.807, 2.05) is 49.7 Å². The summed E-state index contributed by atoms with van der Waals surface area (Å²) in [7, 11) is 0.